The second-order valence-electron chi connectivity index (χ2n) is 2.59. The van der Waals surface area contributed by atoms with Crippen LogP contribution in [0.4, 0.5) is 0 Å². The molecule has 2 rings (SSSR count). The summed E-state index contributed by atoms with van der Waals surface area (Å²) in [5, 5.41) is 0. The molecule has 0 radical (unpaired) electrons. The number of halogens is 1. The molecule has 68 valence electrons. The van der Waals surface area contributed by atoms with Crippen LogP contribution in [0.5, 0.6) is 0 Å². The Morgan fingerprint density at radius 3 is 2.46 bits per heavy atom. The molecular weight excluding hydrogens is 188 g/mol. The highest BCUT2D eigenvalue weighted by Crippen LogP contribution is 2.10. The van der Waals surface area contributed by atoms with Gasteiger partial charge in [0, 0.05) is 12.4 Å². The molecule has 0 spiro atoms. The van der Waals surface area contributed by atoms with E-state index in [1.165, 1.54) is 0 Å². The van der Waals surface area contributed by atoms with Gasteiger partial charge in [-0.25, -0.2) is 0 Å². The Labute approximate surface area is 81.6 Å². The van der Waals surface area contributed by atoms with Gasteiger partial charge in [-0.05, 0) is 24.3 Å². The van der Waals surface area contributed by atoms with Gasteiger partial charge in [-0.2, -0.15) is 0 Å². The molecule has 0 aromatic carbocycles. The van der Waals surface area contributed by atoms with Gasteiger partial charge in [0.2, 0.25) is 0 Å². The number of nitrogens with zero attached hydrogens (tertiary/aromatic N) is 1. The van der Waals surface area contributed by atoms with Crippen LogP contribution < -0.4 is 5.73 Å². The molecule has 0 aliphatic heterocycles. The van der Waals surface area contributed by atoms with E-state index in [2.05, 4.69) is 0 Å². The Morgan fingerprint density at radius 1 is 1.23 bits per heavy atom. The number of primary amides is 1. The van der Waals surface area contributed by atoms with Gasteiger partial charge in [0.25, 0.3) is 5.91 Å². The fraction of sp³-hybridized carbons (Fsp3) is 0. The zero-order chi connectivity index (χ0) is 8.55. The molecule has 0 saturated heterocycles. The summed E-state index contributed by atoms with van der Waals surface area (Å²) < 4.78 is 1.86. The van der Waals surface area contributed by atoms with Crippen molar-refractivity contribution in [2.45, 2.75) is 0 Å². The van der Waals surface area contributed by atoms with Gasteiger partial charge in [0.15, 0.2) is 0 Å². The van der Waals surface area contributed by atoms with Crippen molar-refractivity contribution in [2.24, 2.45) is 5.73 Å². The van der Waals surface area contributed by atoms with Crippen LogP contribution >= 0.6 is 12.4 Å². The molecule has 1 amide bonds. The van der Waals surface area contributed by atoms with Crippen molar-refractivity contribution in [3.8, 4) is 0 Å². The molecule has 0 bridgehead atoms. The summed E-state index contributed by atoms with van der Waals surface area (Å²) in [7, 11) is 0. The van der Waals surface area contributed by atoms with Crippen molar-refractivity contribution < 1.29 is 4.79 Å². The van der Waals surface area contributed by atoms with Gasteiger partial charge in [-0.1, -0.05) is 0 Å². The minimum Gasteiger partial charge on any atom is -0.366 e. The van der Waals surface area contributed by atoms with Gasteiger partial charge in [-0.3, -0.25) is 4.79 Å². The Kier molecular flexibility index (Phi) is 2.58. The highest BCUT2D eigenvalue weighted by molar-refractivity contribution is 5.99. The minimum absolute atomic E-state index is 0. The molecule has 4 heteroatoms. The lowest BCUT2D eigenvalue weighted by molar-refractivity contribution is 0.100. The van der Waals surface area contributed by atoms with Crippen LogP contribution in [0.3, 0.4) is 0 Å². The highest BCUT2D eigenvalue weighted by atomic mass is 35.5. The number of hydrogen-bond donors (Lipinski definition) is 1. The Bertz CT molecular complexity index is 436. The number of carbonyl (C=O) groups excluding carboxylic acids is 1. The maximum atomic E-state index is 10.9. The smallest absolute Gasteiger partial charge is 0.250 e. The zero-order valence-electron chi connectivity index (χ0n) is 6.81. The van der Waals surface area contributed by atoms with Crippen molar-refractivity contribution in [3.63, 3.8) is 0 Å². The SMILES string of the molecule is Cl.NC(=O)c1cccn2cccc12. The number of aromatic nitrogens is 1. The first-order chi connectivity index (χ1) is 5.79. The number of carbonyl (C=O) groups is 1. The molecule has 0 fully saturated rings. The fourth-order valence-electron chi connectivity index (χ4n) is 1.28. The number of amides is 1. The Balaban J connectivity index is 0.000000845. The lowest BCUT2D eigenvalue weighted by Crippen LogP contribution is -2.11. The first-order valence-electron chi connectivity index (χ1n) is 3.64. The van der Waals surface area contributed by atoms with Crippen LogP contribution in [-0.2, 0) is 0 Å². The average molecular weight is 197 g/mol. The summed E-state index contributed by atoms with van der Waals surface area (Å²) in [5.41, 5.74) is 6.60. The second kappa shape index (κ2) is 3.49. The summed E-state index contributed by atoms with van der Waals surface area (Å²) in [6, 6.07) is 7.26. The van der Waals surface area contributed by atoms with Crippen LogP contribution in [0.2, 0.25) is 0 Å². The van der Waals surface area contributed by atoms with Crippen molar-refractivity contribution in [3.05, 3.63) is 42.2 Å². The van der Waals surface area contributed by atoms with Gasteiger partial charge >= 0.3 is 0 Å². The van der Waals surface area contributed by atoms with E-state index in [0.717, 1.165) is 5.52 Å². The van der Waals surface area contributed by atoms with Crippen molar-refractivity contribution in [1.82, 2.24) is 4.40 Å². The average Bonchev–Trinajstić information content (AvgIpc) is 2.49. The normalized spacial score (nSPS) is 9.54. The van der Waals surface area contributed by atoms with E-state index in [9.17, 15) is 4.79 Å². The lowest BCUT2D eigenvalue weighted by atomic mass is 10.2. The summed E-state index contributed by atoms with van der Waals surface area (Å²) in [5.74, 6) is -0.390. The largest absolute Gasteiger partial charge is 0.366 e. The minimum atomic E-state index is -0.390. The van der Waals surface area contributed by atoms with Crippen molar-refractivity contribution in [1.29, 1.82) is 0 Å². The fourth-order valence-corrected chi connectivity index (χ4v) is 1.28. The number of fused-ring (bicyclic) bond motifs is 1. The van der Waals surface area contributed by atoms with Gasteiger partial charge in [-0.15, -0.1) is 12.4 Å². The predicted molar refractivity (Wildman–Crippen MR) is 53.2 cm³/mol. The third-order valence-corrected chi connectivity index (χ3v) is 1.83. The van der Waals surface area contributed by atoms with Crippen LogP contribution in [0, 0.1) is 0 Å². The van der Waals surface area contributed by atoms with E-state index in [1.807, 2.05) is 28.9 Å². The molecular formula is C9H9ClN2O. The van der Waals surface area contributed by atoms with Gasteiger partial charge in [0.05, 0.1) is 11.1 Å². The third-order valence-electron chi connectivity index (χ3n) is 1.83. The second-order valence-corrected chi connectivity index (χ2v) is 2.59. The number of rotatable bonds is 1. The first kappa shape index (κ1) is 9.61. The lowest BCUT2D eigenvalue weighted by Gasteiger charge is -1.98. The van der Waals surface area contributed by atoms with Crippen molar-refractivity contribution >= 4 is 23.8 Å². The maximum Gasteiger partial charge on any atom is 0.250 e. The van der Waals surface area contributed by atoms with E-state index in [0.29, 0.717) is 5.56 Å². The Hall–Kier alpha value is -1.48. The molecule has 0 aliphatic carbocycles. The number of nitrogens with two attached hydrogens (primary N) is 1. The molecule has 0 aliphatic rings. The number of hydrogen-bond acceptors (Lipinski definition) is 1. The quantitative estimate of drug-likeness (QED) is 0.738. The maximum absolute atomic E-state index is 10.9. The molecule has 3 nitrogen and oxygen atoms in total. The topological polar surface area (TPSA) is 47.5 Å². The standard InChI is InChI=1S/C9H8N2O.ClH/c10-9(12)7-3-1-5-11-6-2-4-8(7)11;/h1-6H,(H2,10,12);1H. The van der Waals surface area contributed by atoms with E-state index < -0.39 is 0 Å². The van der Waals surface area contributed by atoms with E-state index in [-0.39, 0.29) is 18.3 Å². The molecule has 2 N–H and O–H groups in total. The first-order valence-corrected chi connectivity index (χ1v) is 3.64. The van der Waals surface area contributed by atoms with E-state index in [1.54, 1.807) is 12.1 Å². The van der Waals surface area contributed by atoms with Gasteiger partial charge in [0.1, 0.15) is 0 Å². The van der Waals surface area contributed by atoms with Gasteiger partial charge < -0.3 is 10.1 Å². The Morgan fingerprint density at radius 2 is 1.85 bits per heavy atom. The van der Waals surface area contributed by atoms with E-state index >= 15 is 0 Å². The highest BCUT2D eigenvalue weighted by Gasteiger charge is 2.04. The molecule has 2 aromatic rings. The summed E-state index contributed by atoms with van der Waals surface area (Å²) >= 11 is 0. The van der Waals surface area contributed by atoms with Crippen molar-refractivity contribution in [2.75, 3.05) is 0 Å². The monoisotopic (exact) mass is 196 g/mol. The number of pyridine rings is 1. The molecule has 2 aromatic heterocycles. The summed E-state index contributed by atoms with van der Waals surface area (Å²) in [6.07, 6.45) is 3.75. The summed E-state index contributed by atoms with van der Waals surface area (Å²) in [6.45, 7) is 0. The third kappa shape index (κ3) is 1.51. The van der Waals surface area contributed by atoms with Crippen LogP contribution in [-0.4, -0.2) is 10.3 Å². The predicted octanol–water partition coefficient (Wildman–Crippen LogP) is 1.46. The molecule has 0 atom stereocenters. The summed E-state index contributed by atoms with van der Waals surface area (Å²) in [4.78, 5) is 10.9. The van der Waals surface area contributed by atoms with Crippen LogP contribution in [0.15, 0.2) is 36.7 Å². The zero-order valence-corrected chi connectivity index (χ0v) is 7.62. The molecule has 2 heterocycles. The molecule has 0 saturated carbocycles. The molecule has 0 unspecified atom stereocenters. The molecule has 13 heavy (non-hydrogen) atoms. The van der Waals surface area contributed by atoms with Crippen LogP contribution in [0.1, 0.15) is 10.4 Å². The van der Waals surface area contributed by atoms with Crippen LogP contribution in [0.25, 0.3) is 5.52 Å². The van der Waals surface area contributed by atoms with E-state index in [4.69, 9.17) is 5.73 Å².